The molecule has 0 heterocycles. The van der Waals surface area contributed by atoms with E-state index >= 15 is 0 Å². The van der Waals surface area contributed by atoms with Crippen molar-refractivity contribution in [1.82, 2.24) is 5.32 Å². The molecule has 0 aliphatic rings. The lowest BCUT2D eigenvalue weighted by molar-refractivity contribution is 0.354. The Morgan fingerprint density at radius 2 is 0.909 bits per heavy atom. The molecule has 0 aromatic carbocycles. The number of nitrogens with one attached hydrogen (secondary N) is 1. The lowest BCUT2D eigenvalue weighted by atomic mass is 9.96. The molecule has 1 heteroatoms. The van der Waals surface area contributed by atoms with Gasteiger partial charge in [-0.05, 0) is 26.8 Å². The Labute approximate surface area is 142 Å². The molecule has 0 radical (unpaired) electrons. The van der Waals surface area contributed by atoms with Crippen LogP contribution in [0.15, 0.2) is 0 Å². The minimum absolute atomic E-state index is 0.339. The minimum atomic E-state index is 0.339. The van der Waals surface area contributed by atoms with Crippen LogP contribution < -0.4 is 5.32 Å². The van der Waals surface area contributed by atoms with Gasteiger partial charge in [-0.2, -0.15) is 0 Å². The van der Waals surface area contributed by atoms with E-state index < -0.39 is 0 Å². The molecule has 0 saturated carbocycles. The zero-order valence-corrected chi connectivity index (χ0v) is 16.3. The summed E-state index contributed by atoms with van der Waals surface area (Å²) in [4.78, 5) is 0. The van der Waals surface area contributed by atoms with Gasteiger partial charge in [0.2, 0.25) is 0 Å². The molecular weight excluding hydrogens is 266 g/mol. The fourth-order valence-electron chi connectivity index (χ4n) is 3.33. The molecular formula is C21H45N. The van der Waals surface area contributed by atoms with Crippen LogP contribution in [0.3, 0.4) is 0 Å². The van der Waals surface area contributed by atoms with E-state index in [1.54, 1.807) is 0 Å². The van der Waals surface area contributed by atoms with Gasteiger partial charge in [0.15, 0.2) is 0 Å². The van der Waals surface area contributed by atoms with Gasteiger partial charge in [0.05, 0.1) is 0 Å². The maximum absolute atomic E-state index is 3.57. The lowest BCUT2D eigenvalue weighted by Crippen LogP contribution is -2.38. The van der Waals surface area contributed by atoms with Gasteiger partial charge in [0.1, 0.15) is 0 Å². The Kier molecular flexibility index (Phi) is 15.8. The van der Waals surface area contributed by atoms with Crippen molar-refractivity contribution in [2.45, 2.75) is 130 Å². The van der Waals surface area contributed by atoms with Crippen molar-refractivity contribution in [1.29, 1.82) is 0 Å². The monoisotopic (exact) mass is 311 g/mol. The standard InChI is InChI=1S/C21H45N/c1-5-7-8-9-10-11-12-13-14-15-16-17-18-19-20-21(3,4)22-6-2/h22H,5-20H2,1-4H3. The van der Waals surface area contributed by atoms with Crippen LogP contribution in [0.1, 0.15) is 124 Å². The number of hydrogen-bond acceptors (Lipinski definition) is 1. The van der Waals surface area contributed by atoms with Gasteiger partial charge in [-0.1, -0.05) is 104 Å². The van der Waals surface area contributed by atoms with Crippen LogP contribution in [0.4, 0.5) is 0 Å². The van der Waals surface area contributed by atoms with Gasteiger partial charge < -0.3 is 5.32 Å². The van der Waals surface area contributed by atoms with Gasteiger partial charge in [-0.3, -0.25) is 0 Å². The Balaban J connectivity index is 3.11. The largest absolute Gasteiger partial charge is 0.312 e. The summed E-state index contributed by atoms with van der Waals surface area (Å²) < 4.78 is 0. The predicted molar refractivity (Wildman–Crippen MR) is 103 cm³/mol. The van der Waals surface area contributed by atoms with Crippen LogP contribution in [0.2, 0.25) is 0 Å². The second-order valence-corrected chi connectivity index (χ2v) is 7.76. The first-order chi connectivity index (χ1) is 10.6. The van der Waals surface area contributed by atoms with E-state index in [0.29, 0.717) is 5.54 Å². The third kappa shape index (κ3) is 16.3. The molecule has 1 nitrogen and oxygen atoms in total. The summed E-state index contributed by atoms with van der Waals surface area (Å²) in [6.45, 7) is 10.2. The van der Waals surface area contributed by atoms with Gasteiger partial charge in [0.25, 0.3) is 0 Å². The molecule has 0 fully saturated rings. The summed E-state index contributed by atoms with van der Waals surface area (Å²) >= 11 is 0. The van der Waals surface area contributed by atoms with Crippen molar-refractivity contribution >= 4 is 0 Å². The van der Waals surface area contributed by atoms with Crippen molar-refractivity contribution in [3.05, 3.63) is 0 Å². The van der Waals surface area contributed by atoms with E-state index in [1.165, 1.54) is 96.3 Å². The Morgan fingerprint density at radius 3 is 1.27 bits per heavy atom. The quantitative estimate of drug-likeness (QED) is 0.279. The van der Waals surface area contributed by atoms with Crippen LogP contribution in [0, 0.1) is 0 Å². The van der Waals surface area contributed by atoms with Crippen molar-refractivity contribution in [3.8, 4) is 0 Å². The Hall–Kier alpha value is -0.0400. The molecule has 134 valence electrons. The normalized spacial score (nSPS) is 12.0. The van der Waals surface area contributed by atoms with E-state index in [2.05, 4.69) is 33.0 Å². The summed E-state index contributed by atoms with van der Waals surface area (Å²) in [7, 11) is 0. The molecule has 0 unspecified atom stereocenters. The average Bonchev–Trinajstić information content (AvgIpc) is 2.47. The first-order valence-electron chi connectivity index (χ1n) is 10.4. The zero-order valence-electron chi connectivity index (χ0n) is 16.3. The Bertz CT molecular complexity index is 210. The molecule has 0 spiro atoms. The van der Waals surface area contributed by atoms with E-state index in [1.807, 2.05) is 0 Å². The highest BCUT2D eigenvalue weighted by molar-refractivity contribution is 4.76. The van der Waals surface area contributed by atoms with Crippen LogP contribution in [0.5, 0.6) is 0 Å². The van der Waals surface area contributed by atoms with Gasteiger partial charge in [-0.25, -0.2) is 0 Å². The topological polar surface area (TPSA) is 12.0 Å². The third-order valence-corrected chi connectivity index (χ3v) is 4.81. The molecule has 0 aliphatic carbocycles. The van der Waals surface area contributed by atoms with E-state index in [-0.39, 0.29) is 0 Å². The highest BCUT2D eigenvalue weighted by Gasteiger charge is 2.14. The molecule has 0 saturated heterocycles. The van der Waals surface area contributed by atoms with Crippen molar-refractivity contribution in [2.75, 3.05) is 6.54 Å². The fourth-order valence-corrected chi connectivity index (χ4v) is 3.33. The highest BCUT2D eigenvalue weighted by atomic mass is 14.9. The van der Waals surface area contributed by atoms with Gasteiger partial charge >= 0.3 is 0 Å². The maximum atomic E-state index is 3.57. The molecule has 0 aromatic heterocycles. The van der Waals surface area contributed by atoms with Crippen molar-refractivity contribution in [2.24, 2.45) is 0 Å². The molecule has 0 atom stereocenters. The SMILES string of the molecule is CCCCCCCCCCCCCCCCC(C)(C)NCC. The summed E-state index contributed by atoms with van der Waals surface area (Å²) in [6, 6.07) is 0. The average molecular weight is 312 g/mol. The molecule has 22 heavy (non-hydrogen) atoms. The highest BCUT2D eigenvalue weighted by Crippen LogP contribution is 2.16. The predicted octanol–water partition coefficient (Wildman–Crippen LogP) is 7.25. The van der Waals surface area contributed by atoms with Crippen LogP contribution >= 0.6 is 0 Å². The van der Waals surface area contributed by atoms with E-state index in [0.717, 1.165) is 6.54 Å². The van der Waals surface area contributed by atoms with Crippen LogP contribution in [-0.2, 0) is 0 Å². The smallest absolute Gasteiger partial charge is 0.0125 e. The summed E-state index contributed by atoms with van der Waals surface area (Å²) in [5.74, 6) is 0. The minimum Gasteiger partial charge on any atom is -0.312 e. The lowest BCUT2D eigenvalue weighted by Gasteiger charge is -2.25. The zero-order chi connectivity index (χ0) is 16.5. The number of rotatable bonds is 17. The molecule has 0 rings (SSSR count). The van der Waals surface area contributed by atoms with Gasteiger partial charge in [-0.15, -0.1) is 0 Å². The molecule has 0 bridgehead atoms. The molecule has 0 amide bonds. The fraction of sp³-hybridized carbons (Fsp3) is 1.00. The van der Waals surface area contributed by atoms with E-state index in [4.69, 9.17) is 0 Å². The number of hydrogen-bond donors (Lipinski definition) is 1. The maximum Gasteiger partial charge on any atom is 0.0125 e. The van der Waals surface area contributed by atoms with Crippen LogP contribution in [-0.4, -0.2) is 12.1 Å². The summed E-state index contributed by atoms with van der Waals surface area (Å²) in [6.07, 6.45) is 21.6. The van der Waals surface area contributed by atoms with Gasteiger partial charge in [0, 0.05) is 5.54 Å². The second kappa shape index (κ2) is 15.8. The first-order valence-corrected chi connectivity index (χ1v) is 10.4. The molecule has 0 aliphatic heterocycles. The number of unbranched alkanes of at least 4 members (excludes halogenated alkanes) is 13. The van der Waals surface area contributed by atoms with Crippen molar-refractivity contribution in [3.63, 3.8) is 0 Å². The molecule has 1 N–H and O–H groups in total. The third-order valence-electron chi connectivity index (χ3n) is 4.81. The van der Waals surface area contributed by atoms with E-state index in [9.17, 15) is 0 Å². The Morgan fingerprint density at radius 1 is 0.545 bits per heavy atom. The van der Waals surface area contributed by atoms with Crippen LogP contribution in [0.25, 0.3) is 0 Å². The first kappa shape index (κ1) is 22.0. The molecule has 0 aromatic rings. The second-order valence-electron chi connectivity index (χ2n) is 7.76. The summed E-state index contributed by atoms with van der Waals surface area (Å²) in [5, 5.41) is 3.57. The summed E-state index contributed by atoms with van der Waals surface area (Å²) in [5.41, 5.74) is 0.339. The van der Waals surface area contributed by atoms with Crippen molar-refractivity contribution < 1.29 is 0 Å².